The lowest BCUT2D eigenvalue weighted by Gasteiger charge is -2.35. The number of carbonyl (C=O) groups is 1. The number of amides is 1. The minimum absolute atomic E-state index is 0.0825. The lowest BCUT2D eigenvalue weighted by Crippen LogP contribution is -2.41. The largest absolute Gasteiger partial charge is 0.388 e. The Labute approximate surface area is 189 Å². The van der Waals surface area contributed by atoms with Crippen molar-refractivity contribution in [2.24, 2.45) is 0 Å². The van der Waals surface area contributed by atoms with Gasteiger partial charge in [-0.05, 0) is 43.7 Å². The monoisotopic (exact) mass is 456 g/mol. The quantitative estimate of drug-likeness (QED) is 0.594. The number of benzene rings is 2. The second-order valence-corrected chi connectivity index (χ2v) is 8.08. The van der Waals surface area contributed by atoms with Crippen LogP contribution >= 0.6 is 11.6 Å². The zero-order valence-electron chi connectivity index (χ0n) is 17.7. The molecule has 3 aromatic rings. The van der Waals surface area contributed by atoms with Crippen LogP contribution in [0.25, 0.3) is 5.69 Å². The smallest absolute Gasteiger partial charge is 0.350 e. The molecule has 7 nitrogen and oxygen atoms in total. The summed E-state index contributed by atoms with van der Waals surface area (Å²) in [7, 11) is 0. The Bertz CT molecular complexity index is 1300. The van der Waals surface area contributed by atoms with Gasteiger partial charge >= 0.3 is 5.69 Å². The van der Waals surface area contributed by atoms with Crippen LogP contribution in [0, 0.1) is 5.82 Å². The summed E-state index contributed by atoms with van der Waals surface area (Å²) in [6.45, 7) is 7.72. The molecule has 0 saturated heterocycles. The highest BCUT2D eigenvalue weighted by molar-refractivity contribution is 6.34. The number of carbonyl (C=O) groups excluding carboxylic acids is 1. The van der Waals surface area contributed by atoms with Gasteiger partial charge in [0.05, 0.1) is 10.7 Å². The van der Waals surface area contributed by atoms with E-state index in [1.807, 2.05) is 6.92 Å². The van der Waals surface area contributed by atoms with Crippen molar-refractivity contribution >= 4 is 23.2 Å². The number of rotatable bonds is 5. The molecule has 1 aromatic heterocycles. The van der Waals surface area contributed by atoms with Gasteiger partial charge in [-0.1, -0.05) is 35.9 Å². The van der Waals surface area contributed by atoms with Crippen LogP contribution in [0.2, 0.25) is 5.02 Å². The minimum atomic E-state index is -0.772. The second-order valence-electron chi connectivity index (χ2n) is 7.67. The Hall–Kier alpha value is -3.23. The Morgan fingerprint density at radius 1 is 1.28 bits per heavy atom. The average Bonchev–Trinajstić information content (AvgIpc) is 3.09. The van der Waals surface area contributed by atoms with Gasteiger partial charge in [0.15, 0.2) is 5.82 Å². The summed E-state index contributed by atoms with van der Waals surface area (Å²) < 4.78 is 17.4. The third-order valence-electron chi connectivity index (χ3n) is 5.70. The van der Waals surface area contributed by atoms with Crippen molar-refractivity contribution in [2.75, 3.05) is 11.4 Å². The standard InChI is InChI=1S/C23H22ClFN4O3/c1-4-27-21(12-30)26-29(23(27)32)20-10-14-15(9-18(20)25)22(31)28(11-16(14)13(2)3)19-8-6-5-7-17(19)24/h5-10,16,30H,2,4,11-12H2,1,3H3/t16-/m0/s1. The number of aliphatic hydroxyl groups is 1. The van der Waals surface area contributed by atoms with Crippen LogP contribution in [0.15, 0.2) is 53.3 Å². The molecule has 1 atom stereocenters. The molecule has 1 amide bonds. The molecule has 0 fully saturated rings. The summed E-state index contributed by atoms with van der Waals surface area (Å²) in [6.07, 6.45) is 0. The first-order valence-electron chi connectivity index (χ1n) is 10.1. The van der Waals surface area contributed by atoms with Crippen LogP contribution in [-0.4, -0.2) is 31.9 Å². The Morgan fingerprint density at radius 3 is 2.59 bits per heavy atom. The van der Waals surface area contributed by atoms with Gasteiger partial charge in [0, 0.05) is 24.6 Å². The first-order chi connectivity index (χ1) is 15.3. The lowest BCUT2D eigenvalue weighted by molar-refractivity contribution is 0.0977. The Morgan fingerprint density at radius 2 is 2.00 bits per heavy atom. The number of anilines is 1. The third-order valence-corrected chi connectivity index (χ3v) is 6.02. The highest BCUT2D eigenvalue weighted by Gasteiger charge is 2.35. The fourth-order valence-electron chi connectivity index (χ4n) is 4.05. The zero-order chi connectivity index (χ0) is 23.2. The fraction of sp³-hybridized carbons (Fsp3) is 0.261. The molecule has 0 spiro atoms. The third kappa shape index (κ3) is 3.45. The lowest BCUT2D eigenvalue weighted by atomic mass is 9.84. The van der Waals surface area contributed by atoms with E-state index in [4.69, 9.17) is 11.6 Å². The molecular formula is C23H22ClFN4O3. The van der Waals surface area contributed by atoms with Crippen LogP contribution in [-0.2, 0) is 13.2 Å². The van der Waals surface area contributed by atoms with Gasteiger partial charge in [-0.15, -0.1) is 5.10 Å². The molecular weight excluding hydrogens is 435 g/mol. The molecule has 2 aromatic carbocycles. The van der Waals surface area contributed by atoms with Crippen LogP contribution in [0.1, 0.15) is 41.5 Å². The van der Waals surface area contributed by atoms with E-state index >= 15 is 4.39 Å². The first kappa shape index (κ1) is 22.0. The maximum atomic E-state index is 15.2. The van der Waals surface area contributed by atoms with Crippen molar-refractivity contribution < 1.29 is 14.3 Å². The molecule has 0 radical (unpaired) electrons. The summed E-state index contributed by atoms with van der Waals surface area (Å²) in [5.41, 5.74) is 1.39. The topological polar surface area (TPSA) is 80.4 Å². The predicted octanol–water partition coefficient (Wildman–Crippen LogP) is 3.66. The van der Waals surface area contributed by atoms with Crippen molar-refractivity contribution in [3.8, 4) is 5.69 Å². The number of hydrogen-bond donors (Lipinski definition) is 1. The van der Waals surface area contributed by atoms with E-state index in [1.165, 1.54) is 15.5 Å². The molecule has 166 valence electrons. The molecule has 32 heavy (non-hydrogen) atoms. The number of para-hydroxylation sites is 1. The molecule has 0 bridgehead atoms. The summed E-state index contributed by atoms with van der Waals surface area (Å²) in [5.74, 6) is -1.34. The van der Waals surface area contributed by atoms with Gasteiger partial charge in [0.2, 0.25) is 0 Å². The zero-order valence-corrected chi connectivity index (χ0v) is 18.4. The average molecular weight is 457 g/mol. The number of aromatic nitrogens is 3. The van der Waals surface area contributed by atoms with Gasteiger partial charge in [-0.25, -0.2) is 9.18 Å². The molecule has 0 saturated carbocycles. The van der Waals surface area contributed by atoms with Gasteiger partial charge < -0.3 is 10.0 Å². The van der Waals surface area contributed by atoms with Crippen molar-refractivity contribution in [2.45, 2.75) is 32.9 Å². The molecule has 1 aliphatic heterocycles. The van der Waals surface area contributed by atoms with Crippen LogP contribution < -0.4 is 10.6 Å². The SMILES string of the molecule is C=C(C)[C@@H]1CN(c2ccccc2Cl)C(=O)c2cc(F)c(-n3nc(CO)n(CC)c3=O)cc21. The normalized spacial score (nSPS) is 15.7. The summed E-state index contributed by atoms with van der Waals surface area (Å²) >= 11 is 6.32. The van der Waals surface area contributed by atoms with Crippen LogP contribution in [0.5, 0.6) is 0 Å². The van der Waals surface area contributed by atoms with Gasteiger partial charge in [0.25, 0.3) is 5.91 Å². The van der Waals surface area contributed by atoms with E-state index in [-0.39, 0.29) is 36.1 Å². The Balaban J connectivity index is 1.90. The molecule has 9 heteroatoms. The van der Waals surface area contributed by atoms with Crippen molar-refractivity contribution in [1.82, 2.24) is 14.3 Å². The molecule has 1 aliphatic rings. The van der Waals surface area contributed by atoms with E-state index in [9.17, 15) is 14.7 Å². The maximum absolute atomic E-state index is 15.2. The summed E-state index contributed by atoms with van der Waals surface area (Å²) in [6, 6.07) is 9.57. The number of aliphatic hydroxyl groups excluding tert-OH is 1. The van der Waals surface area contributed by atoms with Crippen LogP contribution in [0.4, 0.5) is 10.1 Å². The summed E-state index contributed by atoms with van der Waals surface area (Å²) in [4.78, 5) is 27.6. The number of fused-ring (bicyclic) bond motifs is 1. The van der Waals surface area contributed by atoms with E-state index in [1.54, 1.807) is 31.2 Å². The highest BCUT2D eigenvalue weighted by Crippen LogP contribution is 2.38. The van der Waals surface area contributed by atoms with Crippen molar-refractivity contribution in [3.05, 3.63) is 86.8 Å². The van der Waals surface area contributed by atoms with Crippen LogP contribution in [0.3, 0.4) is 0 Å². The van der Waals surface area contributed by atoms with E-state index < -0.39 is 24.0 Å². The molecule has 2 heterocycles. The van der Waals surface area contributed by atoms with Gasteiger partial charge in [-0.3, -0.25) is 9.36 Å². The van der Waals surface area contributed by atoms with Crippen molar-refractivity contribution in [1.29, 1.82) is 0 Å². The van der Waals surface area contributed by atoms with E-state index in [2.05, 4.69) is 11.7 Å². The molecule has 0 aliphatic carbocycles. The number of hydrogen-bond acceptors (Lipinski definition) is 4. The second kappa shape index (κ2) is 8.37. The fourth-order valence-corrected chi connectivity index (χ4v) is 4.29. The van der Waals surface area contributed by atoms with Gasteiger partial charge in [-0.2, -0.15) is 4.68 Å². The van der Waals surface area contributed by atoms with Crippen molar-refractivity contribution in [3.63, 3.8) is 0 Å². The number of nitrogens with zero attached hydrogens (tertiary/aromatic N) is 4. The highest BCUT2D eigenvalue weighted by atomic mass is 35.5. The Kier molecular flexibility index (Phi) is 5.75. The molecule has 1 N–H and O–H groups in total. The maximum Gasteiger partial charge on any atom is 0.350 e. The predicted molar refractivity (Wildman–Crippen MR) is 120 cm³/mol. The minimum Gasteiger partial charge on any atom is -0.388 e. The molecule has 4 rings (SSSR count). The molecule has 0 unspecified atom stereocenters. The van der Waals surface area contributed by atoms with E-state index in [0.717, 1.165) is 16.3 Å². The number of halogens is 2. The van der Waals surface area contributed by atoms with E-state index in [0.29, 0.717) is 16.3 Å². The first-order valence-corrected chi connectivity index (χ1v) is 10.5. The van der Waals surface area contributed by atoms with Gasteiger partial charge in [0.1, 0.15) is 18.1 Å². The summed E-state index contributed by atoms with van der Waals surface area (Å²) in [5, 5.41) is 14.0.